The summed E-state index contributed by atoms with van der Waals surface area (Å²) in [6, 6.07) is 5.73. The van der Waals surface area contributed by atoms with E-state index in [0.717, 1.165) is 16.5 Å². The molecule has 3 heterocycles. The highest BCUT2D eigenvalue weighted by Gasteiger charge is 2.31. The van der Waals surface area contributed by atoms with E-state index in [2.05, 4.69) is 38.4 Å². The van der Waals surface area contributed by atoms with Gasteiger partial charge in [-0.15, -0.1) is 5.10 Å². The van der Waals surface area contributed by atoms with Crippen LogP contribution in [0.25, 0.3) is 10.9 Å². The Morgan fingerprint density at radius 3 is 2.72 bits per heavy atom. The minimum Gasteiger partial charge on any atom is -0.383 e. The van der Waals surface area contributed by atoms with Crippen molar-refractivity contribution in [2.75, 3.05) is 40.0 Å². The van der Waals surface area contributed by atoms with E-state index in [4.69, 9.17) is 9.47 Å². The molecule has 4 rings (SSSR count). The first-order chi connectivity index (χ1) is 14.1. The van der Waals surface area contributed by atoms with Crippen LogP contribution in [-0.4, -0.2) is 70.1 Å². The highest BCUT2D eigenvalue weighted by Crippen LogP contribution is 2.28. The first-order valence-electron chi connectivity index (χ1n) is 9.79. The van der Waals surface area contributed by atoms with Gasteiger partial charge in [0.2, 0.25) is 0 Å². The fraction of sp³-hybridized carbons (Fsp3) is 0.500. The summed E-state index contributed by atoms with van der Waals surface area (Å²) in [7, 11) is 1.64. The van der Waals surface area contributed by atoms with Crippen LogP contribution in [0.3, 0.4) is 0 Å². The maximum atomic E-state index is 13.1. The second-order valence-corrected chi connectivity index (χ2v) is 7.38. The van der Waals surface area contributed by atoms with Gasteiger partial charge in [0, 0.05) is 31.3 Å². The Morgan fingerprint density at radius 1 is 1.21 bits per heavy atom. The number of hydrogen-bond acceptors (Lipinski definition) is 7. The summed E-state index contributed by atoms with van der Waals surface area (Å²) in [5.74, 6) is 0.637. The molecule has 0 saturated carbocycles. The Balaban J connectivity index is 1.85. The lowest BCUT2D eigenvalue weighted by atomic mass is 10.0. The van der Waals surface area contributed by atoms with Gasteiger partial charge in [-0.25, -0.2) is 4.68 Å². The number of ether oxygens (including phenoxy) is 2. The fourth-order valence-electron chi connectivity index (χ4n) is 3.78. The van der Waals surface area contributed by atoms with Gasteiger partial charge in [-0.3, -0.25) is 9.69 Å². The highest BCUT2D eigenvalue weighted by atomic mass is 16.5. The van der Waals surface area contributed by atoms with E-state index in [1.165, 1.54) is 5.56 Å². The van der Waals surface area contributed by atoms with Crippen molar-refractivity contribution < 1.29 is 9.47 Å². The van der Waals surface area contributed by atoms with E-state index in [1.54, 1.807) is 11.8 Å². The van der Waals surface area contributed by atoms with E-state index in [1.807, 2.05) is 19.1 Å². The van der Waals surface area contributed by atoms with Gasteiger partial charge < -0.3 is 14.5 Å². The molecule has 154 valence electrons. The summed E-state index contributed by atoms with van der Waals surface area (Å²) >= 11 is 0. The molecule has 9 heteroatoms. The number of nitrogens with one attached hydrogen (secondary N) is 1. The second kappa shape index (κ2) is 8.40. The molecule has 1 saturated heterocycles. The zero-order valence-electron chi connectivity index (χ0n) is 17.0. The van der Waals surface area contributed by atoms with Crippen LogP contribution >= 0.6 is 0 Å². The predicted molar refractivity (Wildman–Crippen MR) is 108 cm³/mol. The van der Waals surface area contributed by atoms with Crippen LogP contribution in [0.1, 0.15) is 28.6 Å². The highest BCUT2D eigenvalue weighted by molar-refractivity contribution is 5.81. The second-order valence-electron chi connectivity index (χ2n) is 7.38. The van der Waals surface area contributed by atoms with Gasteiger partial charge in [0.05, 0.1) is 26.4 Å². The Kier molecular flexibility index (Phi) is 5.70. The van der Waals surface area contributed by atoms with Crippen molar-refractivity contribution in [2.24, 2.45) is 0 Å². The average Bonchev–Trinajstić information content (AvgIpc) is 3.17. The van der Waals surface area contributed by atoms with Crippen molar-refractivity contribution in [3.63, 3.8) is 0 Å². The van der Waals surface area contributed by atoms with Gasteiger partial charge in [-0.1, -0.05) is 0 Å². The summed E-state index contributed by atoms with van der Waals surface area (Å²) in [5.41, 5.74) is 3.67. The summed E-state index contributed by atoms with van der Waals surface area (Å²) < 4.78 is 12.4. The van der Waals surface area contributed by atoms with Crippen LogP contribution < -0.4 is 5.56 Å². The Morgan fingerprint density at radius 2 is 1.97 bits per heavy atom. The van der Waals surface area contributed by atoms with Gasteiger partial charge in [-0.05, 0) is 59.0 Å². The molecule has 9 nitrogen and oxygen atoms in total. The first kappa shape index (κ1) is 19.7. The molecular weight excluding hydrogens is 372 g/mol. The molecule has 1 N–H and O–H groups in total. The number of aromatic nitrogens is 5. The lowest BCUT2D eigenvalue weighted by molar-refractivity contribution is 0.0211. The number of tetrazole rings is 1. The van der Waals surface area contributed by atoms with Gasteiger partial charge >= 0.3 is 0 Å². The van der Waals surface area contributed by atoms with E-state index in [9.17, 15) is 4.79 Å². The van der Waals surface area contributed by atoms with Crippen molar-refractivity contribution in [2.45, 2.75) is 26.4 Å². The number of aromatic amines is 1. The molecule has 0 amide bonds. The van der Waals surface area contributed by atoms with Crippen LogP contribution in [0.15, 0.2) is 23.0 Å². The third-order valence-corrected chi connectivity index (χ3v) is 5.50. The maximum Gasteiger partial charge on any atom is 0.253 e. The number of rotatable bonds is 6. The molecular formula is C20H26N6O3. The van der Waals surface area contributed by atoms with Gasteiger partial charge in [-0.2, -0.15) is 0 Å². The normalized spacial score (nSPS) is 16.4. The summed E-state index contributed by atoms with van der Waals surface area (Å²) in [6.45, 7) is 7.74. The first-order valence-corrected chi connectivity index (χ1v) is 9.79. The summed E-state index contributed by atoms with van der Waals surface area (Å²) in [6.07, 6.45) is 0. The Labute approximate surface area is 168 Å². The fourth-order valence-corrected chi connectivity index (χ4v) is 3.78. The van der Waals surface area contributed by atoms with Crippen LogP contribution in [0.4, 0.5) is 0 Å². The van der Waals surface area contributed by atoms with Crippen LogP contribution in [0.2, 0.25) is 0 Å². The summed E-state index contributed by atoms with van der Waals surface area (Å²) in [4.78, 5) is 18.4. The molecule has 1 aliphatic heterocycles. The molecule has 0 bridgehead atoms. The van der Waals surface area contributed by atoms with Crippen LogP contribution in [0.5, 0.6) is 0 Å². The van der Waals surface area contributed by atoms with Gasteiger partial charge in [0.25, 0.3) is 5.56 Å². The predicted octanol–water partition coefficient (Wildman–Crippen LogP) is 1.20. The molecule has 2 aromatic heterocycles. The van der Waals surface area contributed by atoms with Crippen molar-refractivity contribution in [3.8, 4) is 0 Å². The minimum absolute atomic E-state index is 0.126. The lowest BCUT2D eigenvalue weighted by Gasteiger charge is -2.33. The van der Waals surface area contributed by atoms with E-state index in [0.29, 0.717) is 50.8 Å². The molecule has 1 aliphatic rings. The zero-order chi connectivity index (χ0) is 20.4. The number of methoxy groups -OCH3 is 1. The van der Waals surface area contributed by atoms with Crippen molar-refractivity contribution in [1.29, 1.82) is 0 Å². The minimum atomic E-state index is -0.361. The molecule has 1 fully saturated rings. The Hall–Kier alpha value is -2.62. The molecule has 0 aliphatic carbocycles. The largest absolute Gasteiger partial charge is 0.383 e. The molecule has 0 radical (unpaired) electrons. The third kappa shape index (κ3) is 3.93. The molecule has 0 spiro atoms. The number of hydrogen-bond donors (Lipinski definition) is 1. The third-order valence-electron chi connectivity index (χ3n) is 5.50. The number of pyridine rings is 1. The quantitative estimate of drug-likeness (QED) is 0.666. The zero-order valence-corrected chi connectivity index (χ0v) is 17.0. The molecule has 1 unspecified atom stereocenters. The topological polar surface area (TPSA) is 98.2 Å². The summed E-state index contributed by atoms with van der Waals surface area (Å²) in [5, 5.41) is 13.3. The average molecular weight is 398 g/mol. The van der Waals surface area contributed by atoms with Crippen LogP contribution in [-0.2, 0) is 16.0 Å². The maximum absolute atomic E-state index is 13.1. The molecule has 1 atom stereocenters. The molecule has 3 aromatic rings. The molecule has 1 aromatic carbocycles. The monoisotopic (exact) mass is 398 g/mol. The number of aryl methyl sites for hydroxylation is 2. The lowest BCUT2D eigenvalue weighted by Crippen LogP contribution is -2.42. The number of nitrogens with zero attached hydrogens (tertiary/aromatic N) is 5. The standard InChI is InChI=1S/C20H26N6O3/c1-13-10-15-12-16(20(27)21-17(15)11-14(13)2)18(25-4-8-29-9-5-25)19-22-23-24-26(19)6-7-28-3/h10-12,18H,4-9H2,1-3H3,(H,21,27). The van der Waals surface area contributed by atoms with E-state index < -0.39 is 0 Å². The van der Waals surface area contributed by atoms with Crippen molar-refractivity contribution in [1.82, 2.24) is 30.1 Å². The van der Waals surface area contributed by atoms with Gasteiger partial charge in [0.1, 0.15) is 6.04 Å². The smallest absolute Gasteiger partial charge is 0.253 e. The molecule has 29 heavy (non-hydrogen) atoms. The number of morpholine rings is 1. The number of H-pyrrole nitrogens is 1. The number of fused-ring (bicyclic) bond motifs is 1. The van der Waals surface area contributed by atoms with Crippen molar-refractivity contribution >= 4 is 10.9 Å². The van der Waals surface area contributed by atoms with Gasteiger partial charge in [0.15, 0.2) is 5.82 Å². The van der Waals surface area contributed by atoms with E-state index in [-0.39, 0.29) is 11.6 Å². The van der Waals surface area contributed by atoms with E-state index >= 15 is 0 Å². The number of benzene rings is 1. The Bertz CT molecular complexity index is 1050. The van der Waals surface area contributed by atoms with Crippen molar-refractivity contribution in [3.05, 3.63) is 51.1 Å². The SMILES string of the molecule is COCCn1nnnc1C(c1cc2cc(C)c(C)cc2[nH]c1=O)N1CCOCC1. The van der Waals surface area contributed by atoms with Crippen LogP contribution in [0, 0.1) is 13.8 Å².